The average molecular weight is 381 g/mol. The van der Waals surface area contributed by atoms with Crippen molar-refractivity contribution in [2.75, 3.05) is 26.2 Å². The van der Waals surface area contributed by atoms with E-state index in [0.717, 1.165) is 37.5 Å². The highest BCUT2D eigenvalue weighted by Crippen LogP contribution is 2.35. The molecule has 0 atom stereocenters. The van der Waals surface area contributed by atoms with Crippen molar-refractivity contribution < 1.29 is 4.79 Å². The van der Waals surface area contributed by atoms with Crippen molar-refractivity contribution >= 4 is 6.03 Å². The molecule has 5 heteroatoms. The molecule has 3 aliphatic rings. The lowest BCUT2D eigenvalue weighted by Gasteiger charge is -2.40. The summed E-state index contributed by atoms with van der Waals surface area (Å²) in [6, 6.07) is 13.7. The topological polar surface area (TPSA) is 59.4 Å². The van der Waals surface area contributed by atoms with E-state index < -0.39 is 5.41 Å². The van der Waals surface area contributed by atoms with Gasteiger partial charge in [-0.3, -0.25) is 0 Å². The van der Waals surface area contributed by atoms with Gasteiger partial charge in [0.25, 0.3) is 0 Å². The molecule has 5 nitrogen and oxygen atoms in total. The maximum atomic E-state index is 12.8. The standard InChI is InChI=1S/C23H32N4O/c24-18-23(19-6-2-1-3-7-19)12-16-27(17-13-23)22(28)25-20-10-14-26(15-11-20)21-8-4-5-9-21/h1-3,6-7,20-21H,4-5,8-17H2,(H,25,28). The van der Waals surface area contributed by atoms with E-state index in [1.807, 2.05) is 35.2 Å². The summed E-state index contributed by atoms with van der Waals surface area (Å²) in [7, 11) is 0. The van der Waals surface area contributed by atoms with Gasteiger partial charge in [0, 0.05) is 38.3 Å². The third kappa shape index (κ3) is 4.03. The van der Waals surface area contributed by atoms with Gasteiger partial charge >= 0.3 is 6.03 Å². The molecule has 2 heterocycles. The maximum absolute atomic E-state index is 12.8. The number of nitriles is 1. The molecule has 1 N–H and O–H groups in total. The molecule has 0 radical (unpaired) electrons. The summed E-state index contributed by atoms with van der Waals surface area (Å²) in [5, 5.41) is 13.1. The van der Waals surface area contributed by atoms with Crippen molar-refractivity contribution in [1.82, 2.24) is 15.1 Å². The monoisotopic (exact) mass is 380 g/mol. The van der Waals surface area contributed by atoms with Crippen molar-refractivity contribution in [1.29, 1.82) is 5.26 Å². The molecule has 150 valence electrons. The summed E-state index contributed by atoms with van der Waals surface area (Å²) in [5.74, 6) is 0. The van der Waals surface area contributed by atoms with E-state index >= 15 is 0 Å². The van der Waals surface area contributed by atoms with Crippen LogP contribution in [0.3, 0.4) is 0 Å². The lowest BCUT2D eigenvalue weighted by atomic mass is 9.74. The Hall–Kier alpha value is -2.06. The number of benzene rings is 1. The summed E-state index contributed by atoms with van der Waals surface area (Å²) >= 11 is 0. The molecule has 1 saturated carbocycles. The lowest BCUT2D eigenvalue weighted by Crippen LogP contribution is -2.53. The first kappa shape index (κ1) is 19.3. The Kier molecular flexibility index (Phi) is 5.87. The quantitative estimate of drug-likeness (QED) is 0.870. The molecule has 1 aromatic rings. The minimum absolute atomic E-state index is 0.0546. The van der Waals surface area contributed by atoms with Gasteiger partial charge in [-0.1, -0.05) is 43.2 Å². The van der Waals surface area contributed by atoms with Crippen LogP contribution in [-0.2, 0) is 5.41 Å². The van der Waals surface area contributed by atoms with E-state index in [1.54, 1.807) is 0 Å². The molecule has 0 spiro atoms. The molecule has 0 bridgehead atoms. The number of likely N-dealkylation sites (tertiary alicyclic amines) is 2. The summed E-state index contributed by atoms with van der Waals surface area (Å²) in [4.78, 5) is 17.3. The van der Waals surface area contributed by atoms with Gasteiger partial charge in [-0.2, -0.15) is 5.26 Å². The van der Waals surface area contributed by atoms with Crippen molar-refractivity contribution in [3.8, 4) is 6.07 Å². The molecule has 2 saturated heterocycles. The van der Waals surface area contributed by atoms with E-state index in [-0.39, 0.29) is 6.03 Å². The normalized spacial score (nSPS) is 24.0. The average Bonchev–Trinajstić information content (AvgIpc) is 3.30. The van der Waals surface area contributed by atoms with Gasteiger partial charge in [0.15, 0.2) is 0 Å². The zero-order valence-corrected chi connectivity index (χ0v) is 16.8. The second-order valence-corrected chi connectivity index (χ2v) is 8.74. The van der Waals surface area contributed by atoms with E-state index in [0.29, 0.717) is 32.0 Å². The van der Waals surface area contributed by atoms with E-state index in [9.17, 15) is 10.1 Å². The van der Waals surface area contributed by atoms with Crippen molar-refractivity contribution in [2.45, 2.75) is 68.9 Å². The van der Waals surface area contributed by atoms with Gasteiger partial charge in [-0.15, -0.1) is 0 Å². The first-order chi connectivity index (χ1) is 13.7. The smallest absolute Gasteiger partial charge is 0.317 e. The Morgan fingerprint density at radius 3 is 2.25 bits per heavy atom. The van der Waals surface area contributed by atoms with Crippen LogP contribution in [0.2, 0.25) is 0 Å². The Labute approximate surface area is 168 Å². The molecule has 2 aliphatic heterocycles. The zero-order chi connectivity index (χ0) is 19.4. The van der Waals surface area contributed by atoms with Crippen molar-refractivity contribution in [3.63, 3.8) is 0 Å². The van der Waals surface area contributed by atoms with Crippen LogP contribution in [0.15, 0.2) is 30.3 Å². The number of amides is 2. The summed E-state index contributed by atoms with van der Waals surface area (Å²) < 4.78 is 0. The SMILES string of the molecule is N#CC1(c2ccccc2)CCN(C(=O)NC2CCN(C3CCCC3)CC2)CC1. The Morgan fingerprint density at radius 2 is 1.64 bits per heavy atom. The fourth-order valence-electron chi connectivity index (χ4n) is 5.26. The van der Waals surface area contributed by atoms with E-state index in [4.69, 9.17) is 0 Å². The number of carbonyl (C=O) groups is 1. The molecule has 0 aromatic heterocycles. The highest BCUT2D eigenvalue weighted by atomic mass is 16.2. The van der Waals surface area contributed by atoms with Gasteiger partial charge in [0.1, 0.15) is 0 Å². The van der Waals surface area contributed by atoms with E-state index in [1.165, 1.54) is 25.7 Å². The van der Waals surface area contributed by atoms with Crippen LogP contribution in [0.1, 0.15) is 56.9 Å². The van der Waals surface area contributed by atoms with Crippen molar-refractivity contribution in [2.24, 2.45) is 0 Å². The summed E-state index contributed by atoms with van der Waals surface area (Å²) in [6.07, 6.45) is 9.00. The van der Waals surface area contributed by atoms with Crippen LogP contribution in [0.5, 0.6) is 0 Å². The number of carbonyl (C=O) groups excluding carboxylic acids is 1. The third-order valence-electron chi connectivity index (χ3n) is 7.14. The van der Waals surface area contributed by atoms with Gasteiger partial charge < -0.3 is 15.1 Å². The van der Waals surface area contributed by atoms with E-state index in [2.05, 4.69) is 16.3 Å². The maximum Gasteiger partial charge on any atom is 0.317 e. The first-order valence-electron chi connectivity index (χ1n) is 11.0. The molecular weight excluding hydrogens is 348 g/mol. The van der Waals surface area contributed by atoms with Gasteiger partial charge in [0.2, 0.25) is 0 Å². The summed E-state index contributed by atoms with van der Waals surface area (Å²) in [5.41, 5.74) is 0.627. The highest BCUT2D eigenvalue weighted by molar-refractivity contribution is 5.74. The number of hydrogen-bond acceptors (Lipinski definition) is 3. The van der Waals surface area contributed by atoms with Crippen LogP contribution in [0, 0.1) is 11.3 Å². The third-order valence-corrected chi connectivity index (χ3v) is 7.14. The fourth-order valence-corrected chi connectivity index (χ4v) is 5.26. The molecule has 0 unspecified atom stereocenters. The van der Waals surface area contributed by atoms with Crippen LogP contribution in [0.4, 0.5) is 4.79 Å². The molecule has 3 fully saturated rings. The molecule has 4 rings (SSSR count). The molecule has 28 heavy (non-hydrogen) atoms. The minimum Gasteiger partial charge on any atom is -0.335 e. The minimum atomic E-state index is -0.454. The fraction of sp³-hybridized carbons (Fsp3) is 0.652. The number of piperidine rings is 2. The largest absolute Gasteiger partial charge is 0.335 e. The predicted molar refractivity (Wildman–Crippen MR) is 110 cm³/mol. The second-order valence-electron chi connectivity index (χ2n) is 8.74. The number of urea groups is 1. The molecular formula is C23H32N4O. The van der Waals surface area contributed by atoms with Gasteiger partial charge in [-0.25, -0.2) is 4.79 Å². The van der Waals surface area contributed by atoms with Crippen LogP contribution < -0.4 is 5.32 Å². The van der Waals surface area contributed by atoms with Crippen molar-refractivity contribution in [3.05, 3.63) is 35.9 Å². The lowest BCUT2D eigenvalue weighted by molar-refractivity contribution is 0.134. The first-order valence-corrected chi connectivity index (χ1v) is 11.0. The molecule has 2 amide bonds. The number of nitrogens with zero attached hydrogens (tertiary/aromatic N) is 3. The highest BCUT2D eigenvalue weighted by Gasteiger charge is 2.38. The van der Waals surface area contributed by atoms with Crippen LogP contribution in [0.25, 0.3) is 0 Å². The number of nitrogens with one attached hydrogen (secondary N) is 1. The predicted octanol–water partition coefficient (Wildman–Crippen LogP) is 3.66. The summed E-state index contributed by atoms with van der Waals surface area (Å²) in [6.45, 7) is 3.52. The van der Waals surface area contributed by atoms with Gasteiger partial charge in [-0.05, 0) is 44.1 Å². The molecule has 1 aromatic carbocycles. The zero-order valence-electron chi connectivity index (χ0n) is 16.8. The Bertz CT molecular complexity index is 691. The Morgan fingerprint density at radius 1 is 1.00 bits per heavy atom. The number of rotatable bonds is 3. The molecule has 1 aliphatic carbocycles. The van der Waals surface area contributed by atoms with Crippen LogP contribution >= 0.6 is 0 Å². The van der Waals surface area contributed by atoms with Crippen LogP contribution in [-0.4, -0.2) is 54.1 Å². The number of hydrogen-bond donors (Lipinski definition) is 1. The second kappa shape index (κ2) is 8.53. The Balaban J connectivity index is 1.26. The van der Waals surface area contributed by atoms with Gasteiger partial charge in [0.05, 0.1) is 11.5 Å².